The highest BCUT2D eigenvalue weighted by Gasteiger charge is 2.17. The minimum atomic E-state index is -0.735. The summed E-state index contributed by atoms with van der Waals surface area (Å²) in [6.45, 7) is 0.833. The van der Waals surface area contributed by atoms with E-state index < -0.39 is 6.10 Å². The minimum absolute atomic E-state index is 0.0542. The van der Waals surface area contributed by atoms with Gasteiger partial charge in [-0.25, -0.2) is 0 Å². The lowest BCUT2D eigenvalue weighted by molar-refractivity contribution is -0.121. The monoisotopic (exact) mass is 202 g/mol. The number of hydrogen-bond donors (Lipinski definition) is 4. The molecule has 82 valence electrons. The van der Waals surface area contributed by atoms with Gasteiger partial charge in [0.15, 0.2) is 0 Å². The number of hydrogen-bond acceptors (Lipinski definition) is 4. The van der Waals surface area contributed by atoms with Gasteiger partial charge in [-0.3, -0.25) is 4.79 Å². The van der Waals surface area contributed by atoms with E-state index in [1.165, 1.54) is 0 Å². The van der Waals surface area contributed by atoms with E-state index in [-0.39, 0.29) is 18.6 Å². The van der Waals surface area contributed by atoms with Crippen LogP contribution < -0.4 is 10.6 Å². The molecule has 0 aromatic carbocycles. The zero-order valence-electron chi connectivity index (χ0n) is 8.20. The predicted octanol–water partition coefficient (Wildman–Crippen LogP) is -1.40. The van der Waals surface area contributed by atoms with Crippen molar-refractivity contribution < 1.29 is 15.0 Å². The van der Waals surface area contributed by atoms with Gasteiger partial charge in [0.2, 0.25) is 5.91 Å². The van der Waals surface area contributed by atoms with Crippen molar-refractivity contribution in [3.8, 4) is 0 Å². The second kappa shape index (κ2) is 5.95. The Kier molecular flexibility index (Phi) is 4.86. The van der Waals surface area contributed by atoms with Gasteiger partial charge in [0.1, 0.15) is 0 Å². The smallest absolute Gasteiger partial charge is 0.221 e. The van der Waals surface area contributed by atoms with Crippen molar-refractivity contribution in [2.24, 2.45) is 0 Å². The lowest BCUT2D eigenvalue weighted by atomic mass is 10.1. The van der Waals surface area contributed by atoms with Gasteiger partial charge < -0.3 is 20.8 Å². The van der Waals surface area contributed by atoms with Crippen LogP contribution in [0.4, 0.5) is 0 Å². The second-order valence-electron chi connectivity index (χ2n) is 3.64. The topological polar surface area (TPSA) is 81.6 Å². The molecular formula is C9H18N2O3. The maximum atomic E-state index is 11.1. The summed E-state index contributed by atoms with van der Waals surface area (Å²) < 4.78 is 0. The van der Waals surface area contributed by atoms with Gasteiger partial charge in [-0.1, -0.05) is 0 Å². The Bertz CT molecular complexity index is 187. The van der Waals surface area contributed by atoms with Crippen LogP contribution in [0.2, 0.25) is 0 Å². The molecule has 0 aromatic heterocycles. The van der Waals surface area contributed by atoms with Crippen molar-refractivity contribution in [1.82, 2.24) is 10.6 Å². The number of carbonyl (C=O) groups excluding carboxylic acids is 1. The highest BCUT2D eigenvalue weighted by atomic mass is 16.3. The highest BCUT2D eigenvalue weighted by Crippen LogP contribution is 2.05. The molecule has 1 aliphatic heterocycles. The Morgan fingerprint density at radius 2 is 2.43 bits per heavy atom. The molecule has 0 aromatic rings. The Morgan fingerprint density at radius 1 is 1.64 bits per heavy atom. The normalized spacial score (nSPS) is 25.3. The lowest BCUT2D eigenvalue weighted by Crippen LogP contribution is -2.38. The molecule has 0 spiro atoms. The summed E-state index contributed by atoms with van der Waals surface area (Å²) in [5.41, 5.74) is 0. The van der Waals surface area contributed by atoms with Crippen molar-refractivity contribution in [1.29, 1.82) is 0 Å². The first-order valence-electron chi connectivity index (χ1n) is 5.01. The standard InChI is InChI=1S/C9H18N2O3/c12-6-8(13)5-11-7-2-1-3-10-9(14)4-7/h7-8,11-13H,1-6H2,(H,10,14). The molecule has 2 atom stereocenters. The average molecular weight is 202 g/mol. The third kappa shape index (κ3) is 4.04. The summed E-state index contributed by atoms with van der Waals surface area (Å²) in [5.74, 6) is 0.0542. The second-order valence-corrected chi connectivity index (χ2v) is 3.64. The summed E-state index contributed by atoms with van der Waals surface area (Å²) in [6, 6.07) is 0.124. The Morgan fingerprint density at radius 3 is 3.14 bits per heavy atom. The molecule has 1 heterocycles. The number of carbonyl (C=O) groups is 1. The number of amides is 1. The van der Waals surface area contributed by atoms with E-state index in [1.807, 2.05) is 0 Å². The number of rotatable bonds is 4. The molecule has 1 rings (SSSR count). The van der Waals surface area contributed by atoms with E-state index in [4.69, 9.17) is 10.2 Å². The van der Waals surface area contributed by atoms with Crippen LogP contribution in [0.25, 0.3) is 0 Å². The fourth-order valence-electron chi connectivity index (χ4n) is 1.52. The molecule has 0 bridgehead atoms. The largest absolute Gasteiger partial charge is 0.394 e. The molecule has 5 nitrogen and oxygen atoms in total. The summed E-state index contributed by atoms with van der Waals surface area (Å²) in [4.78, 5) is 11.1. The molecule has 5 heteroatoms. The third-order valence-corrected chi connectivity index (χ3v) is 2.34. The third-order valence-electron chi connectivity index (χ3n) is 2.34. The van der Waals surface area contributed by atoms with E-state index in [0.29, 0.717) is 13.0 Å². The van der Waals surface area contributed by atoms with Gasteiger partial charge in [0.05, 0.1) is 12.7 Å². The van der Waals surface area contributed by atoms with Gasteiger partial charge in [-0.2, -0.15) is 0 Å². The quantitative estimate of drug-likeness (QED) is 0.452. The van der Waals surface area contributed by atoms with Crippen molar-refractivity contribution in [3.05, 3.63) is 0 Å². The molecule has 1 amide bonds. The molecule has 0 saturated carbocycles. The van der Waals surface area contributed by atoms with E-state index >= 15 is 0 Å². The van der Waals surface area contributed by atoms with Crippen LogP contribution in [0.5, 0.6) is 0 Å². The van der Waals surface area contributed by atoms with Crippen molar-refractivity contribution >= 4 is 5.91 Å². The lowest BCUT2D eigenvalue weighted by Gasteiger charge is -2.16. The predicted molar refractivity (Wildman–Crippen MR) is 51.7 cm³/mol. The zero-order valence-corrected chi connectivity index (χ0v) is 8.20. The maximum Gasteiger partial charge on any atom is 0.221 e. The van der Waals surface area contributed by atoms with Gasteiger partial charge in [-0.15, -0.1) is 0 Å². The molecule has 1 fully saturated rings. The van der Waals surface area contributed by atoms with Crippen LogP contribution in [0.3, 0.4) is 0 Å². The summed E-state index contributed by atoms with van der Waals surface area (Å²) in [5, 5.41) is 23.6. The Balaban J connectivity index is 2.24. The zero-order chi connectivity index (χ0) is 10.4. The fourth-order valence-corrected chi connectivity index (χ4v) is 1.52. The van der Waals surface area contributed by atoms with Crippen LogP contribution in [0, 0.1) is 0 Å². The molecule has 2 unspecified atom stereocenters. The first kappa shape index (κ1) is 11.4. The first-order valence-corrected chi connectivity index (χ1v) is 5.01. The van der Waals surface area contributed by atoms with E-state index in [2.05, 4.69) is 10.6 Å². The minimum Gasteiger partial charge on any atom is -0.394 e. The average Bonchev–Trinajstić information content (AvgIpc) is 2.39. The molecule has 0 aliphatic carbocycles. The SMILES string of the molecule is O=C1CC(NCC(O)CO)CCCN1. The Hall–Kier alpha value is -0.650. The fraction of sp³-hybridized carbons (Fsp3) is 0.889. The van der Waals surface area contributed by atoms with Crippen molar-refractivity contribution in [2.45, 2.75) is 31.4 Å². The Labute approximate surface area is 83.5 Å². The molecule has 1 saturated heterocycles. The molecule has 1 aliphatic rings. The highest BCUT2D eigenvalue weighted by molar-refractivity contribution is 5.76. The number of aliphatic hydroxyl groups is 2. The molecule has 0 radical (unpaired) electrons. The molecule has 14 heavy (non-hydrogen) atoms. The van der Waals surface area contributed by atoms with Crippen LogP contribution >= 0.6 is 0 Å². The molecular weight excluding hydrogens is 184 g/mol. The van der Waals surface area contributed by atoms with Crippen LogP contribution in [0.15, 0.2) is 0 Å². The summed E-state index contributed by atoms with van der Waals surface area (Å²) in [7, 11) is 0. The summed E-state index contributed by atoms with van der Waals surface area (Å²) >= 11 is 0. The summed E-state index contributed by atoms with van der Waals surface area (Å²) in [6.07, 6.45) is 1.61. The van der Waals surface area contributed by atoms with E-state index in [1.54, 1.807) is 0 Å². The van der Waals surface area contributed by atoms with Crippen LogP contribution in [-0.2, 0) is 4.79 Å². The van der Waals surface area contributed by atoms with Crippen molar-refractivity contribution in [3.63, 3.8) is 0 Å². The van der Waals surface area contributed by atoms with Gasteiger partial charge in [0.25, 0.3) is 0 Å². The first-order chi connectivity index (χ1) is 6.72. The van der Waals surface area contributed by atoms with Gasteiger partial charge in [-0.05, 0) is 12.8 Å². The van der Waals surface area contributed by atoms with E-state index in [9.17, 15) is 4.79 Å². The van der Waals surface area contributed by atoms with E-state index in [0.717, 1.165) is 19.4 Å². The van der Waals surface area contributed by atoms with Crippen molar-refractivity contribution in [2.75, 3.05) is 19.7 Å². The van der Waals surface area contributed by atoms with Crippen LogP contribution in [-0.4, -0.2) is 48.0 Å². The van der Waals surface area contributed by atoms with Gasteiger partial charge in [0, 0.05) is 25.6 Å². The van der Waals surface area contributed by atoms with Crippen LogP contribution in [0.1, 0.15) is 19.3 Å². The van der Waals surface area contributed by atoms with Gasteiger partial charge >= 0.3 is 0 Å². The maximum absolute atomic E-state index is 11.1. The number of aliphatic hydroxyl groups excluding tert-OH is 2. The number of nitrogens with one attached hydrogen (secondary N) is 2. The molecule has 4 N–H and O–H groups in total.